The Morgan fingerprint density at radius 3 is 2.37 bits per heavy atom. The van der Waals surface area contributed by atoms with Crippen molar-refractivity contribution in [3.8, 4) is 16.5 Å². The quantitative estimate of drug-likeness (QED) is 0.689. The predicted octanol–water partition coefficient (Wildman–Crippen LogP) is 4.67. The van der Waals surface area contributed by atoms with E-state index in [-0.39, 0.29) is 0 Å². The van der Waals surface area contributed by atoms with Gasteiger partial charge in [0.25, 0.3) is 0 Å². The first kappa shape index (κ1) is 12.7. The molecule has 0 aliphatic heterocycles. The Morgan fingerprint density at radius 1 is 1.11 bits per heavy atom. The number of halogens is 2. The van der Waals surface area contributed by atoms with E-state index in [4.69, 9.17) is 27.9 Å². The molecule has 0 unspecified atom stereocenters. The van der Waals surface area contributed by atoms with Crippen LogP contribution in [0.1, 0.15) is 0 Å². The van der Waals surface area contributed by atoms with Crippen LogP contribution < -0.4 is 4.74 Å². The lowest BCUT2D eigenvalue weighted by atomic mass is 10.2. The summed E-state index contributed by atoms with van der Waals surface area (Å²) in [6.07, 6.45) is 0. The van der Waals surface area contributed by atoms with E-state index in [9.17, 15) is 0 Å². The third-order valence-corrected chi connectivity index (χ3v) is 4.22. The van der Waals surface area contributed by atoms with Gasteiger partial charge in [-0.05, 0) is 23.6 Å². The van der Waals surface area contributed by atoms with Crippen molar-refractivity contribution >= 4 is 45.6 Å². The minimum absolute atomic E-state index is 0.453. The van der Waals surface area contributed by atoms with Crippen molar-refractivity contribution in [2.75, 3.05) is 7.11 Å². The summed E-state index contributed by atoms with van der Waals surface area (Å²) in [7, 11) is 1.57. The molecule has 6 heteroatoms. The molecule has 3 nitrogen and oxygen atoms in total. The fourth-order valence-corrected chi connectivity index (χ4v) is 2.77. The van der Waals surface area contributed by atoms with Gasteiger partial charge in [0.15, 0.2) is 0 Å². The third kappa shape index (κ3) is 2.27. The van der Waals surface area contributed by atoms with E-state index < -0.39 is 0 Å². The second-order valence-corrected chi connectivity index (χ2v) is 5.58. The molecule has 0 spiro atoms. The molecule has 0 radical (unpaired) electrons. The molecule has 0 aliphatic rings. The van der Waals surface area contributed by atoms with E-state index in [2.05, 4.69) is 9.97 Å². The number of aromatic nitrogens is 2. The number of nitrogens with zero attached hydrogens (tertiary/aromatic N) is 2. The summed E-state index contributed by atoms with van der Waals surface area (Å²) in [6, 6.07) is 7.33. The number of fused-ring (bicyclic) bond motifs is 1. The minimum Gasteiger partial charge on any atom is -0.479 e. The molecule has 3 rings (SSSR count). The number of rotatable bonds is 2. The number of ether oxygens (including phenoxy) is 1. The van der Waals surface area contributed by atoms with Crippen molar-refractivity contribution in [2.45, 2.75) is 0 Å². The molecule has 0 amide bonds. The molecule has 0 saturated carbocycles. The molecule has 0 fully saturated rings. The number of hydrogen-bond acceptors (Lipinski definition) is 4. The molecule has 0 atom stereocenters. The summed E-state index contributed by atoms with van der Waals surface area (Å²) in [6.45, 7) is 0. The smallest absolute Gasteiger partial charge is 0.241 e. The van der Waals surface area contributed by atoms with E-state index in [0.29, 0.717) is 32.7 Å². The molecule has 0 bridgehead atoms. The van der Waals surface area contributed by atoms with Crippen LogP contribution in [0, 0.1) is 0 Å². The fourth-order valence-electron chi connectivity index (χ4n) is 1.75. The highest BCUT2D eigenvalue weighted by molar-refractivity contribution is 7.13. The van der Waals surface area contributed by atoms with Gasteiger partial charge >= 0.3 is 0 Å². The van der Waals surface area contributed by atoms with Gasteiger partial charge in [-0.15, -0.1) is 11.3 Å². The van der Waals surface area contributed by atoms with Crippen LogP contribution in [0.25, 0.3) is 21.6 Å². The lowest BCUT2D eigenvalue weighted by molar-refractivity contribution is 0.400. The maximum atomic E-state index is 6.01. The Hall–Kier alpha value is -1.36. The number of benzene rings is 1. The van der Waals surface area contributed by atoms with Crippen LogP contribution in [-0.4, -0.2) is 17.1 Å². The topological polar surface area (TPSA) is 35.0 Å². The van der Waals surface area contributed by atoms with Crippen LogP contribution >= 0.6 is 34.5 Å². The van der Waals surface area contributed by atoms with Gasteiger partial charge in [-0.3, -0.25) is 0 Å². The Bertz CT molecular complexity index is 744. The number of hydrogen-bond donors (Lipinski definition) is 0. The molecular formula is C13H8Cl2N2OS. The van der Waals surface area contributed by atoms with Gasteiger partial charge in [-0.2, -0.15) is 0 Å². The molecule has 2 heterocycles. The Morgan fingerprint density at radius 2 is 1.79 bits per heavy atom. The molecule has 0 saturated heterocycles. The molecule has 19 heavy (non-hydrogen) atoms. The molecule has 0 aliphatic carbocycles. The van der Waals surface area contributed by atoms with E-state index in [1.165, 1.54) is 0 Å². The first-order valence-corrected chi connectivity index (χ1v) is 7.07. The van der Waals surface area contributed by atoms with Gasteiger partial charge in [0, 0.05) is 0 Å². The standard InChI is InChI=1S/C13H8Cl2N2OS/c1-18-13-12(11-3-2-4-19-11)16-9-5-7(14)8(15)6-10(9)17-13/h2-6H,1H3. The van der Waals surface area contributed by atoms with Crippen LogP contribution in [0.3, 0.4) is 0 Å². The van der Waals surface area contributed by atoms with Gasteiger partial charge in [-0.1, -0.05) is 29.3 Å². The normalized spacial score (nSPS) is 10.9. The number of methoxy groups -OCH3 is 1. The predicted molar refractivity (Wildman–Crippen MR) is 79.4 cm³/mol. The molecule has 0 N–H and O–H groups in total. The molecule has 3 aromatic rings. The van der Waals surface area contributed by atoms with Crippen molar-refractivity contribution in [2.24, 2.45) is 0 Å². The molecule has 96 valence electrons. The summed E-state index contributed by atoms with van der Waals surface area (Å²) in [4.78, 5) is 10.00. The first-order chi connectivity index (χ1) is 9.19. The van der Waals surface area contributed by atoms with Crippen LogP contribution in [0.5, 0.6) is 5.88 Å². The van der Waals surface area contributed by atoms with Crippen LogP contribution in [0.2, 0.25) is 10.0 Å². The molecule has 1 aromatic carbocycles. The largest absolute Gasteiger partial charge is 0.479 e. The zero-order chi connectivity index (χ0) is 13.4. The molecular weight excluding hydrogens is 303 g/mol. The zero-order valence-corrected chi connectivity index (χ0v) is 12.2. The summed E-state index contributed by atoms with van der Waals surface area (Å²) >= 11 is 13.6. The Kier molecular flexibility index (Phi) is 3.31. The van der Waals surface area contributed by atoms with E-state index >= 15 is 0 Å². The lowest BCUT2D eigenvalue weighted by Crippen LogP contribution is -1.95. The fraction of sp³-hybridized carbons (Fsp3) is 0.0769. The Labute approximate surface area is 123 Å². The first-order valence-electron chi connectivity index (χ1n) is 5.43. The third-order valence-electron chi connectivity index (χ3n) is 2.62. The van der Waals surface area contributed by atoms with Gasteiger partial charge in [0.2, 0.25) is 5.88 Å². The van der Waals surface area contributed by atoms with Crippen molar-refractivity contribution in [3.63, 3.8) is 0 Å². The van der Waals surface area contributed by atoms with Crippen molar-refractivity contribution in [1.82, 2.24) is 9.97 Å². The average Bonchev–Trinajstić information content (AvgIpc) is 2.92. The highest BCUT2D eigenvalue weighted by Crippen LogP contribution is 2.33. The van der Waals surface area contributed by atoms with Crippen molar-refractivity contribution in [1.29, 1.82) is 0 Å². The van der Waals surface area contributed by atoms with E-state index in [1.807, 2.05) is 17.5 Å². The SMILES string of the molecule is COc1nc2cc(Cl)c(Cl)cc2nc1-c1cccs1. The second kappa shape index (κ2) is 4.96. The van der Waals surface area contributed by atoms with Gasteiger partial charge < -0.3 is 4.74 Å². The number of thiophene rings is 1. The average molecular weight is 311 g/mol. The van der Waals surface area contributed by atoms with E-state index in [0.717, 1.165) is 4.88 Å². The summed E-state index contributed by atoms with van der Waals surface area (Å²) in [5, 5.41) is 2.90. The van der Waals surface area contributed by atoms with E-state index in [1.54, 1.807) is 30.6 Å². The van der Waals surface area contributed by atoms with Gasteiger partial charge in [0.1, 0.15) is 5.69 Å². The van der Waals surface area contributed by atoms with Crippen LogP contribution in [-0.2, 0) is 0 Å². The maximum Gasteiger partial charge on any atom is 0.241 e. The summed E-state index contributed by atoms with van der Waals surface area (Å²) in [5.41, 5.74) is 2.06. The lowest BCUT2D eigenvalue weighted by Gasteiger charge is -2.07. The summed E-state index contributed by atoms with van der Waals surface area (Å²) in [5.74, 6) is 0.480. The van der Waals surface area contributed by atoms with Gasteiger partial charge in [-0.25, -0.2) is 9.97 Å². The Balaban J connectivity index is 2.30. The second-order valence-electron chi connectivity index (χ2n) is 3.81. The van der Waals surface area contributed by atoms with Gasteiger partial charge in [0.05, 0.1) is 33.1 Å². The zero-order valence-electron chi connectivity index (χ0n) is 9.85. The monoisotopic (exact) mass is 310 g/mol. The summed E-state index contributed by atoms with van der Waals surface area (Å²) < 4.78 is 5.30. The highest BCUT2D eigenvalue weighted by Gasteiger charge is 2.13. The maximum absolute atomic E-state index is 6.01. The minimum atomic E-state index is 0.453. The van der Waals surface area contributed by atoms with Crippen molar-refractivity contribution in [3.05, 3.63) is 39.7 Å². The molecule has 2 aromatic heterocycles. The highest BCUT2D eigenvalue weighted by atomic mass is 35.5. The van der Waals surface area contributed by atoms with Crippen LogP contribution in [0.15, 0.2) is 29.6 Å². The van der Waals surface area contributed by atoms with Crippen molar-refractivity contribution < 1.29 is 4.74 Å². The van der Waals surface area contributed by atoms with Crippen LogP contribution in [0.4, 0.5) is 0 Å².